The second-order valence-corrected chi connectivity index (χ2v) is 38.1. The number of amidine groups is 2. The summed E-state index contributed by atoms with van der Waals surface area (Å²) in [7, 11) is 5.13. The third-order valence-corrected chi connectivity index (χ3v) is 26.5. The van der Waals surface area contributed by atoms with Crippen molar-refractivity contribution in [1.29, 1.82) is 10.8 Å². The number of likely N-dealkylation sites (tertiary alicyclic amines) is 3. The molecule has 2 radical (unpaired) electrons. The first-order valence-electron chi connectivity index (χ1n) is 49.0. The highest BCUT2D eigenvalue weighted by Gasteiger charge is 2.45. The lowest BCUT2D eigenvalue weighted by Gasteiger charge is -2.52. The zero-order chi connectivity index (χ0) is 91.1. The number of aliphatic hydroxyl groups excluding tert-OH is 1. The van der Waals surface area contributed by atoms with Crippen LogP contribution in [0.25, 0.3) is 0 Å². The number of esters is 1. The number of benzene rings is 2. The molecule has 0 aromatic heterocycles. The van der Waals surface area contributed by atoms with Gasteiger partial charge in [0, 0.05) is 117 Å². The first-order chi connectivity index (χ1) is 60.4. The molecule has 126 heavy (non-hydrogen) atoms. The first-order valence-corrected chi connectivity index (χ1v) is 51.7. The van der Waals surface area contributed by atoms with Crippen molar-refractivity contribution in [2.75, 3.05) is 32.7 Å². The second kappa shape index (κ2) is 70.1. The van der Waals surface area contributed by atoms with E-state index in [9.17, 15) is 53.1 Å². The molecule has 4 unspecified atom stereocenters. The number of hydrogen-bond acceptors (Lipinski definition) is 17. The van der Waals surface area contributed by atoms with Crippen LogP contribution >= 0.6 is 30.4 Å². The Balaban J connectivity index is 0.000000532. The number of nitrogens with two attached hydrogens (primary N) is 2. The minimum atomic E-state index is -0.947. The second-order valence-electron chi connectivity index (χ2n) is 36.4. The van der Waals surface area contributed by atoms with Crippen LogP contribution in [0.3, 0.4) is 0 Å². The molecule has 5 aliphatic rings. The molecule has 3 heterocycles. The SMILES string of the molecule is C.CCCCCCCCCCCCCCCCCC(=O)CCC(=O)OC(CCCCC(=N)N)C(=O)CCCN1CCC(NC(=O)C(=O)Cc2ccc(Cl)cc2)CC12CCCCC2.CCCCCCCCCCCCCCCCN1C(=O)CCC1=O.N=C(N)CCCCC(O)C(=O)CCCN1CCC(NC(=O)C(=O)Cc2ccc(Cl)cc2)CC12CCCCC2.[B]P=S. The zero-order valence-corrected chi connectivity index (χ0v) is 80.2. The van der Waals surface area contributed by atoms with Crippen LogP contribution in [0.1, 0.15) is 418 Å². The molecular formula is C100H165BCl2N9O12PS. The summed E-state index contributed by atoms with van der Waals surface area (Å²) in [5, 5.41) is 32.2. The number of carbonyl (C=O) groups excluding carboxylic acids is 10. The number of amides is 4. The van der Waals surface area contributed by atoms with Crippen molar-refractivity contribution in [1.82, 2.24) is 25.3 Å². The average molecular weight is 1830 g/mol. The molecule has 21 nitrogen and oxygen atoms in total. The van der Waals surface area contributed by atoms with Crippen LogP contribution in [0.5, 0.6) is 0 Å². The lowest BCUT2D eigenvalue weighted by Crippen LogP contribution is -2.59. The number of nitrogens with zero attached hydrogens (tertiary/aromatic N) is 3. The standard InChI is InChI=1S/C50H81ClN4O6.C29H43ClN4O4.C20H37NO2.CH4.BPS/c1-2-3-4-5-6-7-8-9-10-11-12-13-14-15-17-23-43(56)31-32-48(59)61-46(25-18-19-26-47(52)53)44(57)24-22-36-55-37-33-42(39-50(55)34-20-16-21-35-50)54-49(60)45(58)38-40-27-29-41(51)30-28-40;30-22-12-10-21(11-13-22)19-26(37)28(38)33-23-14-18-34(29(20-23)15-4-1-5-16-29)17-6-8-25(36)24(35)7-2-3-9-27(31)32;1-2-3-4-5-6-7-8-9-10-11-12-13-14-15-18-21-19(22)16-17-20(21)23;;1-2-3/h27-30,42,46H,2-26,31-39H2,1H3,(H3,52,53)(H,54,60);10-13,23-24,35H,1-9,14-20H2,(H3,31,32)(H,33,38);2-18H2,1H3;1H4;. The van der Waals surface area contributed by atoms with E-state index in [0.717, 1.165) is 146 Å². The molecule has 2 aliphatic carbocycles. The largest absolute Gasteiger partial charge is 0.454 e. The Kier molecular flexibility index (Phi) is 63.7. The number of piperidine rings is 2. The Morgan fingerprint density at radius 2 is 0.833 bits per heavy atom. The molecule has 3 aliphatic heterocycles. The number of carbonyl (C=O) groups is 10. The number of aliphatic hydroxyl groups is 1. The summed E-state index contributed by atoms with van der Waals surface area (Å²) >= 11 is 16.0. The molecule has 4 atom stereocenters. The van der Waals surface area contributed by atoms with E-state index in [1.807, 2.05) is 0 Å². The van der Waals surface area contributed by atoms with Crippen LogP contribution in [0.4, 0.5) is 0 Å². The summed E-state index contributed by atoms with van der Waals surface area (Å²) in [6.45, 7) is 8.28. The molecule has 7 rings (SSSR count). The van der Waals surface area contributed by atoms with E-state index in [0.29, 0.717) is 114 Å². The van der Waals surface area contributed by atoms with Crippen LogP contribution < -0.4 is 22.1 Å². The predicted molar refractivity (Wildman–Crippen MR) is 519 cm³/mol. The van der Waals surface area contributed by atoms with Crippen molar-refractivity contribution in [2.45, 2.75) is 455 Å². The van der Waals surface area contributed by atoms with Crippen molar-refractivity contribution < 1.29 is 57.8 Å². The third kappa shape index (κ3) is 50.6. The highest BCUT2D eigenvalue weighted by Crippen LogP contribution is 2.43. The molecule has 2 aromatic carbocycles. The minimum Gasteiger partial charge on any atom is -0.454 e. The van der Waals surface area contributed by atoms with Crippen molar-refractivity contribution in [2.24, 2.45) is 11.5 Å². The lowest BCUT2D eigenvalue weighted by molar-refractivity contribution is -0.156. The number of unbranched alkanes of at least 4 members (excludes halogenated alkanes) is 29. The van der Waals surface area contributed by atoms with Crippen LogP contribution in [0, 0.1) is 10.8 Å². The van der Waals surface area contributed by atoms with E-state index in [1.54, 1.807) is 48.5 Å². The quantitative estimate of drug-likeness (QED) is 0.00473. The number of rotatable bonds is 63. The van der Waals surface area contributed by atoms with Gasteiger partial charge in [0.2, 0.25) is 23.4 Å². The zero-order valence-electron chi connectivity index (χ0n) is 76.9. The summed E-state index contributed by atoms with van der Waals surface area (Å²) in [5.41, 5.74) is 12.3. The van der Waals surface area contributed by atoms with Gasteiger partial charge in [0.25, 0.3) is 11.8 Å². The highest BCUT2D eigenvalue weighted by molar-refractivity contribution is 8.07. The number of Topliss-reactive ketones (excluding diaryl/α,β-unsaturated/α-hetero) is 5. The maximum Gasteiger partial charge on any atom is 0.306 e. The molecule has 710 valence electrons. The summed E-state index contributed by atoms with van der Waals surface area (Å²) in [6, 6.07) is 13.8. The van der Waals surface area contributed by atoms with Gasteiger partial charge in [-0.15, -0.1) is 0 Å². The van der Waals surface area contributed by atoms with Crippen LogP contribution in [-0.4, -0.2) is 166 Å². The van der Waals surface area contributed by atoms with Gasteiger partial charge in [-0.25, -0.2) is 0 Å². The summed E-state index contributed by atoms with van der Waals surface area (Å²) in [6.07, 6.45) is 57.8. The number of nitrogens with one attached hydrogen (secondary N) is 4. The summed E-state index contributed by atoms with van der Waals surface area (Å²) in [5.74, 6) is -2.34. The van der Waals surface area contributed by atoms with Gasteiger partial charge in [0.05, 0.1) is 18.1 Å². The van der Waals surface area contributed by atoms with Crippen molar-refractivity contribution >= 4 is 120 Å². The molecule has 9 N–H and O–H groups in total. The highest BCUT2D eigenvalue weighted by atomic mass is 35.5. The van der Waals surface area contributed by atoms with Gasteiger partial charge in [-0.1, -0.05) is 300 Å². The van der Waals surface area contributed by atoms with Crippen molar-refractivity contribution in [3.8, 4) is 0 Å². The van der Waals surface area contributed by atoms with E-state index >= 15 is 0 Å². The molecule has 0 bridgehead atoms. The Labute approximate surface area is 777 Å². The Hall–Kier alpha value is -5.68. The van der Waals surface area contributed by atoms with E-state index in [1.165, 1.54) is 172 Å². The number of ketones is 5. The Bertz CT molecular complexity index is 3440. The molecule has 4 amide bonds. The molecule has 3 saturated heterocycles. The van der Waals surface area contributed by atoms with Gasteiger partial charge in [-0.3, -0.25) is 73.5 Å². The smallest absolute Gasteiger partial charge is 0.306 e. The van der Waals surface area contributed by atoms with Crippen LogP contribution in [0.15, 0.2) is 48.5 Å². The van der Waals surface area contributed by atoms with Gasteiger partial charge in [-0.05, 0) is 164 Å². The lowest BCUT2D eigenvalue weighted by atomic mass is 9.73. The van der Waals surface area contributed by atoms with E-state index in [2.05, 4.69) is 53.7 Å². The van der Waals surface area contributed by atoms with Gasteiger partial charge in [0.1, 0.15) is 11.9 Å². The van der Waals surface area contributed by atoms with Crippen molar-refractivity contribution in [3.05, 3.63) is 69.7 Å². The summed E-state index contributed by atoms with van der Waals surface area (Å²) in [4.78, 5) is 132. The number of hydrogen-bond donors (Lipinski definition) is 7. The topological polar surface area (TPSA) is 334 Å². The number of halogens is 2. The fourth-order valence-electron chi connectivity index (χ4n) is 18.7. The minimum absolute atomic E-state index is 0. The van der Waals surface area contributed by atoms with E-state index in [-0.39, 0.29) is 104 Å². The van der Waals surface area contributed by atoms with Gasteiger partial charge < -0.3 is 31.9 Å². The number of imide groups is 1. The molecule has 2 saturated carbocycles. The van der Waals surface area contributed by atoms with Crippen molar-refractivity contribution in [3.63, 3.8) is 0 Å². The monoisotopic (exact) mass is 1830 g/mol. The van der Waals surface area contributed by atoms with Gasteiger partial charge >= 0.3 is 5.97 Å². The normalized spacial score (nSPS) is 17.1. The van der Waals surface area contributed by atoms with Crippen LogP contribution in [0.2, 0.25) is 10.0 Å². The van der Waals surface area contributed by atoms with E-state index in [4.69, 9.17) is 50.2 Å². The number of ether oxygens (including phenoxy) is 1. The van der Waals surface area contributed by atoms with Crippen LogP contribution in [-0.2, 0) is 77.3 Å². The molecule has 5 fully saturated rings. The fourth-order valence-corrected chi connectivity index (χ4v) is 19.0. The molecule has 2 aromatic rings. The molecule has 2 spiro atoms. The van der Waals surface area contributed by atoms with E-state index < -0.39 is 41.6 Å². The molecular weight excluding hydrogens is 1660 g/mol. The molecule has 26 heteroatoms. The average Bonchev–Trinajstić information content (AvgIpc) is 0.945. The Morgan fingerprint density at radius 1 is 0.484 bits per heavy atom. The maximum absolute atomic E-state index is 13.6. The predicted octanol–water partition coefficient (Wildman–Crippen LogP) is 21.8. The first kappa shape index (κ1) is 114. The fraction of sp³-hybridized carbons (Fsp3) is 0.760. The Morgan fingerprint density at radius 3 is 1.21 bits per heavy atom. The van der Waals surface area contributed by atoms with Gasteiger partial charge in [0.15, 0.2) is 25.2 Å². The maximum atomic E-state index is 13.6. The van der Waals surface area contributed by atoms with Gasteiger partial charge in [-0.2, -0.15) is 0 Å². The third-order valence-electron chi connectivity index (χ3n) is 26.0. The summed E-state index contributed by atoms with van der Waals surface area (Å²) < 4.78 is 5.75.